The Kier molecular flexibility index (Phi) is 5.83. The van der Waals surface area contributed by atoms with Gasteiger partial charge in [0, 0.05) is 51.0 Å². The molecule has 0 unspecified atom stereocenters. The van der Waals surface area contributed by atoms with E-state index in [0.717, 1.165) is 33.9 Å². The van der Waals surface area contributed by atoms with Gasteiger partial charge in [0.05, 0.1) is 17.8 Å². The molecule has 3 aromatic rings. The Morgan fingerprint density at radius 3 is 2.36 bits per heavy atom. The highest BCUT2D eigenvalue weighted by molar-refractivity contribution is 5.95. The Balaban J connectivity index is 1.75. The van der Waals surface area contributed by atoms with E-state index in [4.69, 9.17) is 0 Å². The third-order valence-electron chi connectivity index (χ3n) is 5.07. The summed E-state index contributed by atoms with van der Waals surface area (Å²) in [6, 6.07) is 16.2. The van der Waals surface area contributed by atoms with Crippen LogP contribution in [0, 0.1) is 13.8 Å². The molecule has 0 fully saturated rings. The smallest absolute Gasteiger partial charge is 0.255 e. The normalized spacial score (nSPS) is 10.8. The molecule has 0 N–H and O–H groups in total. The first-order chi connectivity index (χ1) is 13.4. The minimum atomic E-state index is 0.0389. The molecule has 2 aromatic heterocycles. The number of rotatable bonds is 6. The van der Waals surface area contributed by atoms with E-state index < -0.39 is 0 Å². The van der Waals surface area contributed by atoms with Crippen LogP contribution in [-0.4, -0.2) is 41.5 Å². The van der Waals surface area contributed by atoms with Gasteiger partial charge in [-0.15, -0.1) is 0 Å². The summed E-state index contributed by atoms with van der Waals surface area (Å²) < 4.78 is 2.15. The van der Waals surface area contributed by atoms with Gasteiger partial charge in [-0.1, -0.05) is 18.2 Å². The molecule has 0 saturated carbocycles. The van der Waals surface area contributed by atoms with Crippen molar-refractivity contribution in [2.45, 2.75) is 26.9 Å². The van der Waals surface area contributed by atoms with Crippen molar-refractivity contribution in [3.63, 3.8) is 0 Å². The van der Waals surface area contributed by atoms with Crippen molar-refractivity contribution in [1.82, 2.24) is 14.5 Å². The first-order valence-corrected chi connectivity index (χ1v) is 9.45. The van der Waals surface area contributed by atoms with Crippen molar-refractivity contribution in [2.75, 3.05) is 26.0 Å². The van der Waals surface area contributed by atoms with Gasteiger partial charge in [-0.25, -0.2) is 0 Å². The molecule has 0 aliphatic rings. The summed E-state index contributed by atoms with van der Waals surface area (Å²) in [5.74, 6) is 0.0389. The Morgan fingerprint density at radius 2 is 1.75 bits per heavy atom. The van der Waals surface area contributed by atoms with Crippen molar-refractivity contribution in [2.24, 2.45) is 0 Å². The molecule has 0 spiro atoms. The highest BCUT2D eigenvalue weighted by Crippen LogP contribution is 2.20. The molecule has 2 heterocycles. The number of nitrogens with zero attached hydrogens (tertiary/aromatic N) is 4. The molecule has 1 amide bonds. The van der Waals surface area contributed by atoms with Crippen molar-refractivity contribution in [3.05, 3.63) is 82.9 Å². The number of hydrogen-bond donors (Lipinski definition) is 0. The fourth-order valence-electron chi connectivity index (χ4n) is 3.37. The predicted molar refractivity (Wildman–Crippen MR) is 114 cm³/mol. The van der Waals surface area contributed by atoms with Crippen molar-refractivity contribution < 1.29 is 4.79 Å². The number of aromatic nitrogens is 2. The van der Waals surface area contributed by atoms with Crippen LogP contribution in [0.3, 0.4) is 0 Å². The van der Waals surface area contributed by atoms with Gasteiger partial charge in [0.2, 0.25) is 0 Å². The standard InChI is InChI=1S/C23H28N4O/c1-17-14-22(18(2)27(17)16-20-8-6-7-13-24-20)23(28)26(5)15-19-9-11-21(12-10-19)25(3)4/h6-14H,15-16H2,1-5H3. The van der Waals surface area contributed by atoms with E-state index in [1.54, 1.807) is 11.1 Å². The van der Waals surface area contributed by atoms with Gasteiger partial charge in [-0.3, -0.25) is 9.78 Å². The molecular formula is C23H28N4O. The average molecular weight is 377 g/mol. The zero-order valence-corrected chi connectivity index (χ0v) is 17.3. The molecule has 5 nitrogen and oxygen atoms in total. The lowest BCUT2D eigenvalue weighted by Crippen LogP contribution is -2.26. The lowest BCUT2D eigenvalue weighted by atomic mass is 10.1. The predicted octanol–water partition coefficient (Wildman–Crippen LogP) is 3.89. The minimum Gasteiger partial charge on any atom is -0.378 e. The summed E-state index contributed by atoms with van der Waals surface area (Å²) >= 11 is 0. The summed E-state index contributed by atoms with van der Waals surface area (Å²) in [6.07, 6.45) is 1.80. The summed E-state index contributed by atoms with van der Waals surface area (Å²) in [6.45, 7) is 5.29. The first kappa shape index (κ1) is 19.7. The molecule has 0 aliphatic carbocycles. The Hall–Kier alpha value is -3.08. The number of amides is 1. The van der Waals surface area contributed by atoms with Crippen LogP contribution in [-0.2, 0) is 13.1 Å². The van der Waals surface area contributed by atoms with Gasteiger partial charge >= 0.3 is 0 Å². The van der Waals surface area contributed by atoms with Crippen molar-refractivity contribution in [1.29, 1.82) is 0 Å². The molecular weight excluding hydrogens is 348 g/mol. The average Bonchev–Trinajstić information content (AvgIpc) is 2.96. The van der Waals surface area contributed by atoms with Crippen LogP contribution >= 0.6 is 0 Å². The van der Waals surface area contributed by atoms with Crippen LogP contribution in [0.1, 0.15) is 33.0 Å². The van der Waals surface area contributed by atoms with Gasteiger partial charge in [-0.05, 0) is 49.7 Å². The number of pyridine rings is 1. The quantitative estimate of drug-likeness (QED) is 0.655. The van der Waals surface area contributed by atoms with Crippen LogP contribution in [0.5, 0.6) is 0 Å². The third-order valence-corrected chi connectivity index (χ3v) is 5.07. The Morgan fingerprint density at radius 1 is 1.04 bits per heavy atom. The lowest BCUT2D eigenvalue weighted by molar-refractivity contribution is 0.0784. The fraction of sp³-hybridized carbons (Fsp3) is 0.304. The minimum absolute atomic E-state index is 0.0389. The Labute approximate surface area is 167 Å². The maximum Gasteiger partial charge on any atom is 0.255 e. The molecule has 0 bridgehead atoms. The molecule has 0 radical (unpaired) electrons. The highest BCUT2D eigenvalue weighted by Gasteiger charge is 2.19. The monoisotopic (exact) mass is 376 g/mol. The summed E-state index contributed by atoms with van der Waals surface area (Å²) in [5, 5.41) is 0. The second-order valence-corrected chi connectivity index (χ2v) is 7.41. The molecule has 3 rings (SSSR count). The van der Waals surface area contributed by atoms with Crippen molar-refractivity contribution >= 4 is 11.6 Å². The molecule has 0 atom stereocenters. The number of hydrogen-bond acceptors (Lipinski definition) is 3. The number of anilines is 1. The van der Waals surface area contributed by atoms with Crippen LogP contribution in [0.4, 0.5) is 5.69 Å². The van der Waals surface area contributed by atoms with E-state index in [1.165, 1.54) is 0 Å². The number of benzene rings is 1. The van der Waals surface area contributed by atoms with E-state index in [1.807, 2.05) is 59.3 Å². The molecule has 28 heavy (non-hydrogen) atoms. The molecule has 5 heteroatoms. The van der Waals surface area contributed by atoms with Crippen LogP contribution in [0.25, 0.3) is 0 Å². The third kappa shape index (κ3) is 4.25. The second kappa shape index (κ2) is 8.30. The molecule has 0 saturated heterocycles. The van der Waals surface area contributed by atoms with Gasteiger partial charge in [0.1, 0.15) is 0 Å². The molecule has 0 aliphatic heterocycles. The number of carbonyl (C=O) groups excluding carboxylic acids is 1. The summed E-state index contributed by atoms with van der Waals surface area (Å²) in [5.41, 5.74) is 6.04. The van der Waals surface area contributed by atoms with E-state index >= 15 is 0 Å². The lowest BCUT2D eigenvalue weighted by Gasteiger charge is -2.19. The molecule has 1 aromatic carbocycles. The maximum absolute atomic E-state index is 13.1. The second-order valence-electron chi connectivity index (χ2n) is 7.41. The van der Waals surface area contributed by atoms with E-state index in [2.05, 4.69) is 38.7 Å². The summed E-state index contributed by atoms with van der Waals surface area (Å²) in [4.78, 5) is 21.3. The largest absolute Gasteiger partial charge is 0.378 e. The summed E-state index contributed by atoms with van der Waals surface area (Å²) in [7, 11) is 5.89. The SMILES string of the molecule is Cc1cc(C(=O)N(C)Cc2ccc(N(C)C)cc2)c(C)n1Cc1ccccn1. The zero-order valence-electron chi connectivity index (χ0n) is 17.3. The van der Waals surface area contributed by atoms with E-state index in [0.29, 0.717) is 13.1 Å². The zero-order chi connectivity index (χ0) is 20.3. The number of carbonyl (C=O) groups is 1. The number of aryl methyl sites for hydroxylation is 1. The van der Waals surface area contributed by atoms with Crippen LogP contribution in [0.2, 0.25) is 0 Å². The first-order valence-electron chi connectivity index (χ1n) is 9.45. The topological polar surface area (TPSA) is 41.4 Å². The maximum atomic E-state index is 13.1. The van der Waals surface area contributed by atoms with E-state index in [-0.39, 0.29) is 5.91 Å². The van der Waals surface area contributed by atoms with Gasteiger partial charge in [-0.2, -0.15) is 0 Å². The van der Waals surface area contributed by atoms with Gasteiger partial charge < -0.3 is 14.4 Å². The van der Waals surface area contributed by atoms with Gasteiger partial charge in [0.15, 0.2) is 0 Å². The van der Waals surface area contributed by atoms with Crippen LogP contribution < -0.4 is 4.90 Å². The van der Waals surface area contributed by atoms with Crippen LogP contribution in [0.15, 0.2) is 54.7 Å². The highest BCUT2D eigenvalue weighted by atomic mass is 16.2. The Bertz CT molecular complexity index is 943. The molecule has 146 valence electrons. The fourth-order valence-corrected chi connectivity index (χ4v) is 3.37. The van der Waals surface area contributed by atoms with E-state index in [9.17, 15) is 4.79 Å². The van der Waals surface area contributed by atoms with Crippen molar-refractivity contribution in [3.8, 4) is 0 Å². The van der Waals surface area contributed by atoms with Gasteiger partial charge in [0.25, 0.3) is 5.91 Å².